The molecule has 2 aromatic carbocycles. The average Bonchev–Trinajstić information content (AvgIpc) is 3.18. The van der Waals surface area contributed by atoms with E-state index in [9.17, 15) is 23.9 Å². The summed E-state index contributed by atoms with van der Waals surface area (Å²) in [6.07, 6.45) is 0.361. The molecule has 3 atom stereocenters. The second kappa shape index (κ2) is 11.4. The lowest BCUT2D eigenvalue weighted by molar-refractivity contribution is -0.137. The fourth-order valence-electron chi connectivity index (χ4n) is 4.46. The van der Waals surface area contributed by atoms with E-state index >= 15 is 0 Å². The van der Waals surface area contributed by atoms with Gasteiger partial charge in [-0.15, -0.1) is 0 Å². The van der Waals surface area contributed by atoms with Gasteiger partial charge in [0.25, 0.3) is 5.91 Å². The topological polar surface area (TPSA) is 117 Å². The first-order chi connectivity index (χ1) is 16.9. The van der Waals surface area contributed by atoms with Crippen molar-refractivity contribution in [3.63, 3.8) is 0 Å². The molecule has 3 rings (SSSR count). The van der Waals surface area contributed by atoms with Crippen LogP contribution in [0.25, 0.3) is 0 Å². The molecule has 9 heteroatoms. The number of nitrogens with one attached hydrogen (secondary N) is 3. The standard InChI is InChI=1S/C27H34FN3O5/c1-27(2,3)14-23(31-25(34)16-6-5-7-20(11-16)36-4)26(35)30-19(13-24(32)33)10-17-15-29-22-9-8-18(28)12-21(17)22/h5-9,11-12,17,19,23,29H,10,13-15H2,1-4H3,(H,30,35)(H,31,34)(H,32,33)/t17?,19-,23?/m0/s1. The van der Waals surface area contributed by atoms with Crippen molar-refractivity contribution in [3.8, 4) is 5.75 Å². The molecule has 0 fully saturated rings. The number of anilines is 1. The molecule has 4 N–H and O–H groups in total. The molecule has 1 aliphatic rings. The van der Waals surface area contributed by atoms with E-state index in [1.54, 1.807) is 30.3 Å². The molecule has 2 amide bonds. The van der Waals surface area contributed by atoms with Crippen LogP contribution in [0, 0.1) is 11.2 Å². The summed E-state index contributed by atoms with van der Waals surface area (Å²) >= 11 is 0. The number of hydrogen-bond acceptors (Lipinski definition) is 5. The zero-order valence-corrected chi connectivity index (χ0v) is 21.1. The maximum Gasteiger partial charge on any atom is 0.305 e. The van der Waals surface area contributed by atoms with Crippen LogP contribution in [0.5, 0.6) is 5.75 Å². The van der Waals surface area contributed by atoms with Crippen molar-refractivity contribution in [3.05, 3.63) is 59.4 Å². The van der Waals surface area contributed by atoms with E-state index in [1.165, 1.54) is 19.2 Å². The SMILES string of the molecule is COc1cccc(C(=O)NC(CC(C)(C)C)C(=O)N[C@H](CC(=O)O)CC2CNc3ccc(F)cc32)c1. The lowest BCUT2D eigenvalue weighted by atomic mass is 9.87. The fraction of sp³-hybridized carbons (Fsp3) is 0.444. The molecule has 0 aliphatic carbocycles. The number of hydrogen-bond donors (Lipinski definition) is 4. The molecule has 0 saturated carbocycles. The van der Waals surface area contributed by atoms with Crippen LogP contribution in [0.4, 0.5) is 10.1 Å². The van der Waals surface area contributed by atoms with Crippen molar-refractivity contribution in [1.82, 2.24) is 10.6 Å². The molecule has 0 bridgehead atoms. The van der Waals surface area contributed by atoms with Gasteiger partial charge in [-0.05, 0) is 60.2 Å². The number of benzene rings is 2. The Bertz CT molecular complexity index is 1110. The smallest absolute Gasteiger partial charge is 0.305 e. The Morgan fingerprint density at radius 2 is 1.92 bits per heavy atom. The lowest BCUT2D eigenvalue weighted by Gasteiger charge is -2.28. The molecule has 0 aromatic heterocycles. The van der Waals surface area contributed by atoms with Gasteiger partial charge in [0.05, 0.1) is 13.5 Å². The molecule has 2 aromatic rings. The van der Waals surface area contributed by atoms with E-state index in [4.69, 9.17) is 4.74 Å². The Balaban J connectivity index is 1.76. The molecule has 2 unspecified atom stereocenters. The van der Waals surface area contributed by atoms with Gasteiger partial charge >= 0.3 is 5.97 Å². The third-order valence-electron chi connectivity index (χ3n) is 6.10. The monoisotopic (exact) mass is 499 g/mol. The molecule has 0 saturated heterocycles. The van der Waals surface area contributed by atoms with Crippen LogP contribution in [0.3, 0.4) is 0 Å². The molecule has 1 heterocycles. The average molecular weight is 500 g/mol. The lowest BCUT2D eigenvalue weighted by Crippen LogP contribution is -2.51. The Morgan fingerprint density at radius 1 is 1.17 bits per heavy atom. The largest absolute Gasteiger partial charge is 0.497 e. The van der Waals surface area contributed by atoms with Gasteiger partial charge in [-0.3, -0.25) is 14.4 Å². The zero-order valence-electron chi connectivity index (χ0n) is 21.1. The number of rotatable bonds is 10. The summed E-state index contributed by atoms with van der Waals surface area (Å²) in [4.78, 5) is 37.9. The maximum atomic E-state index is 13.8. The molecule has 1 aliphatic heterocycles. The third-order valence-corrected chi connectivity index (χ3v) is 6.10. The van der Waals surface area contributed by atoms with Crippen molar-refractivity contribution in [2.45, 2.75) is 58.0 Å². The quantitative estimate of drug-likeness (QED) is 0.394. The number of carboxylic acids is 1. The van der Waals surface area contributed by atoms with Crippen LogP contribution in [0.2, 0.25) is 0 Å². The van der Waals surface area contributed by atoms with Crippen molar-refractivity contribution < 1.29 is 28.6 Å². The van der Waals surface area contributed by atoms with E-state index < -0.39 is 29.9 Å². The van der Waals surface area contributed by atoms with E-state index in [0.29, 0.717) is 30.7 Å². The molecule has 194 valence electrons. The number of carboxylic acid groups (broad SMARTS) is 1. The van der Waals surface area contributed by atoms with Gasteiger partial charge < -0.3 is 25.8 Å². The minimum Gasteiger partial charge on any atom is -0.497 e. The number of aliphatic carboxylic acids is 1. The number of methoxy groups -OCH3 is 1. The van der Waals surface area contributed by atoms with Crippen molar-refractivity contribution >= 4 is 23.5 Å². The van der Waals surface area contributed by atoms with Crippen LogP contribution >= 0.6 is 0 Å². The minimum atomic E-state index is -1.06. The van der Waals surface area contributed by atoms with Gasteiger partial charge in [0.15, 0.2) is 0 Å². The highest BCUT2D eigenvalue weighted by Crippen LogP contribution is 2.35. The van der Waals surface area contributed by atoms with Crippen molar-refractivity contribution in [2.75, 3.05) is 19.0 Å². The van der Waals surface area contributed by atoms with Gasteiger partial charge in [0.1, 0.15) is 17.6 Å². The number of ether oxygens (including phenoxy) is 1. The Kier molecular flexibility index (Phi) is 8.55. The highest BCUT2D eigenvalue weighted by atomic mass is 19.1. The Labute approximate surface area is 210 Å². The van der Waals surface area contributed by atoms with Crippen molar-refractivity contribution in [1.29, 1.82) is 0 Å². The van der Waals surface area contributed by atoms with Gasteiger partial charge in [0.2, 0.25) is 5.91 Å². The van der Waals surface area contributed by atoms with Crippen LogP contribution < -0.4 is 20.7 Å². The van der Waals surface area contributed by atoms with Crippen LogP contribution in [-0.4, -0.2) is 48.6 Å². The van der Waals surface area contributed by atoms with E-state index in [2.05, 4.69) is 16.0 Å². The molecule has 36 heavy (non-hydrogen) atoms. The number of carbonyl (C=O) groups is 3. The first-order valence-electron chi connectivity index (χ1n) is 12.0. The van der Waals surface area contributed by atoms with Crippen LogP contribution in [0.15, 0.2) is 42.5 Å². The molecule has 8 nitrogen and oxygen atoms in total. The summed E-state index contributed by atoms with van der Waals surface area (Å²) in [5, 5.41) is 18.3. The highest BCUT2D eigenvalue weighted by Gasteiger charge is 2.32. The van der Waals surface area contributed by atoms with Gasteiger partial charge in [-0.1, -0.05) is 26.8 Å². The van der Waals surface area contributed by atoms with Gasteiger partial charge in [0, 0.05) is 29.8 Å². The second-order valence-corrected chi connectivity index (χ2v) is 10.4. The summed E-state index contributed by atoms with van der Waals surface area (Å²) in [5.74, 6) is -1.96. The molecular weight excluding hydrogens is 465 g/mol. The number of halogens is 1. The zero-order chi connectivity index (χ0) is 26.5. The molecule has 0 radical (unpaired) electrons. The van der Waals surface area contributed by atoms with Crippen molar-refractivity contribution in [2.24, 2.45) is 5.41 Å². The predicted octanol–water partition coefficient (Wildman–Crippen LogP) is 3.93. The summed E-state index contributed by atoms with van der Waals surface area (Å²) < 4.78 is 19.0. The first kappa shape index (κ1) is 27.0. The predicted molar refractivity (Wildman–Crippen MR) is 135 cm³/mol. The minimum absolute atomic E-state index is 0.159. The van der Waals surface area contributed by atoms with E-state index in [-0.39, 0.29) is 23.6 Å². The Morgan fingerprint density at radius 3 is 2.58 bits per heavy atom. The maximum absolute atomic E-state index is 13.8. The summed E-state index contributed by atoms with van der Waals surface area (Å²) in [6.45, 7) is 6.38. The highest BCUT2D eigenvalue weighted by molar-refractivity contribution is 5.98. The third kappa shape index (κ3) is 7.44. The van der Waals surface area contributed by atoms with E-state index in [0.717, 1.165) is 11.3 Å². The summed E-state index contributed by atoms with van der Waals surface area (Å²) in [6, 6.07) is 9.49. The van der Waals surface area contributed by atoms with Crippen LogP contribution in [-0.2, 0) is 9.59 Å². The van der Waals surface area contributed by atoms with Crippen LogP contribution in [0.1, 0.15) is 61.9 Å². The number of amides is 2. The Hall–Kier alpha value is -3.62. The number of fused-ring (bicyclic) bond motifs is 1. The molecular formula is C27H34FN3O5. The number of carbonyl (C=O) groups excluding carboxylic acids is 2. The normalized spacial score (nSPS) is 16.3. The first-order valence-corrected chi connectivity index (χ1v) is 12.0. The fourth-order valence-corrected chi connectivity index (χ4v) is 4.46. The second-order valence-electron chi connectivity index (χ2n) is 10.4. The molecule has 0 spiro atoms. The van der Waals surface area contributed by atoms with Gasteiger partial charge in [-0.25, -0.2) is 4.39 Å². The van der Waals surface area contributed by atoms with Gasteiger partial charge in [-0.2, -0.15) is 0 Å². The summed E-state index contributed by atoms with van der Waals surface area (Å²) in [7, 11) is 1.50. The van der Waals surface area contributed by atoms with E-state index in [1.807, 2.05) is 20.8 Å². The summed E-state index contributed by atoms with van der Waals surface area (Å²) in [5.41, 5.74) is 1.62.